The zero-order valence-corrected chi connectivity index (χ0v) is 13.5. The Labute approximate surface area is 143 Å². The first-order valence-corrected chi connectivity index (χ1v) is 7.86. The number of anilines is 1. The molecule has 25 heavy (non-hydrogen) atoms. The normalized spacial score (nSPS) is 13.4. The van der Waals surface area contributed by atoms with Crippen molar-refractivity contribution in [2.75, 3.05) is 12.4 Å². The van der Waals surface area contributed by atoms with Crippen LogP contribution in [0.1, 0.15) is 26.3 Å². The van der Waals surface area contributed by atoms with Gasteiger partial charge in [-0.05, 0) is 29.8 Å². The fourth-order valence-corrected chi connectivity index (χ4v) is 3.10. The molecule has 0 unspecified atom stereocenters. The smallest absolute Gasteiger partial charge is 0.261 e. The molecule has 0 saturated carbocycles. The summed E-state index contributed by atoms with van der Waals surface area (Å²) >= 11 is 0. The van der Waals surface area contributed by atoms with Crippen molar-refractivity contribution in [1.82, 2.24) is 9.88 Å². The van der Waals surface area contributed by atoms with Crippen LogP contribution >= 0.6 is 0 Å². The summed E-state index contributed by atoms with van der Waals surface area (Å²) in [6.07, 6.45) is 2.04. The van der Waals surface area contributed by atoms with Crippen molar-refractivity contribution in [3.8, 4) is 0 Å². The summed E-state index contributed by atoms with van der Waals surface area (Å²) < 4.78 is 0. The maximum Gasteiger partial charge on any atom is 0.261 e. The van der Waals surface area contributed by atoms with Gasteiger partial charge < -0.3 is 10.3 Å². The monoisotopic (exact) mass is 333 g/mol. The number of amides is 3. The van der Waals surface area contributed by atoms with Gasteiger partial charge in [0.05, 0.1) is 17.5 Å². The lowest BCUT2D eigenvalue weighted by Gasteiger charge is -2.06. The molecule has 2 aromatic carbocycles. The molecular formula is C19H15N3O3. The molecule has 124 valence electrons. The van der Waals surface area contributed by atoms with Crippen LogP contribution in [0.2, 0.25) is 0 Å². The fourth-order valence-electron chi connectivity index (χ4n) is 3.10. The topological polar surface area (TPSA) is 82.3 Å². The van der Waals surface area contributed by atoms with E-state index in [1.54, 1.807) is 18.2 Å². The number of hydrogen-bond acceptors (Lipinski definition) is 3. The average Bonchev–Trinajstić information content (AvgIpc) is 3.11. The third kappa shape index (κ3) is 2.48. The first-order chi connectivity index (χ1) is 12.0. The zero-order chi connectivity index (χ0) is 17.6. The first-order valence-electron chi connectivity index (χ1n) is 7.86. The number of nitrogens with zero attached hydrogens (tertiary/aromatic N) is 1. The van der Waals surface area contributed by atoms with E-state index in [4.69, 9.17) is 0 Å². The Balaban J connectivity index is 1.54. The summed E-state index contributed by atoms with van der Waals surface area (Å²) in [7, 11) is 1.44. The van der Waals surface area contributed by atoms with Crippen molar-refractivity contribution in [2.45, 2.75) is 6.42 Å². The van der Waals surface area contributed by atoms with Gasteiger partial charge >= 0.3 is 0 Å². The van der Waals surface area contributed by atoms with Gasteiger partial charge in [0.2, 0.25) is 5.91 Å². The Morgan fingerprint density at radius 1 is 1.08 bits per heavy atom. The lowest BCUT2D eigenvalue weighted by molar-refractivity contribution is -0.115. The Hall–Kier alpha value is -3.41. The predicted molar refractivity (Wildman–Crippen MR) is 93.5 cm³/mol. The van der Waals surface area contributed by atoms with Crippen LogP contribution in [0.3, 0.4) is 0 Å². The van der Waals surface area contributed by atoms with Crippen LogP contribution in [0.4, 0.5) is 5.69 Å². The second kappa shape index (κ2) is 5.59. The SMILES string of the molecule is CN1C(=O)c2ccc(NC(=O)Cc3c[nH]c4ccccc34)cc2C1=O. The van der Waals surface area contributed by atoms with Gasteiger partial charge in [0, 0.05) is 29.8 Å². The molecule has 0 atom stereocenters. The number of carbonyl (C=O) groups is 3. The highest BCUT2D eigenvalue weighted by Gasteiger charge is 2.32. The molecular weight excluding hydrogens is 318 g/mol. The van der Waals surface area contributed by atoms with Gasteiger partial charge in [-0.1, -0.05) is 18.2 Å². The van der Waals surface area contributed by atoms with E-state index in [0.717, 1.165) is 21.4 Å². The third-order valence-electron chi connectivity index (χ3n) is 4.40. The molecule has 3 aromatic rings. The predicted octanol–water partition coefficient (Wildman–Crippen LogP) is 2.57. The highest BCUT2D eigenvalue weighted by molar-refractivity contribution is 6.21. The van der Waals surface area contributed by atoms with E-state index in [1.165, 1.54) is 7.05 Å². The summed E-state index contributed by atoms with van der Waals surface area (Å²) in [4.78, 5) is 40.5. The van der Waals surface area contributed by atoms with Crippen molar-refractivity contribution < 1.29 is 14.4 Å². The van der Waals surface area contributed by atoms with Gasteiger partial charge in [-0.25, -0.2) is 0 Å². The molecule has 4 rings (SSSR count). The number of aromatic amines is 1. The molecule has 0 spiro atoms. The summed E-state index contributed by atoms with van der Waals surface area (Å²) in [6, 6.07) is 12.5. The van der Waals surface area contributed by atoms with Crippen molar-refractivity contribution >= 4 is 34.3 Å². The minimum absolute atomic E-state index is 0.185. The van der Waals surface area contributed by atoms with E-state index in [1.807, 2.05) is 30.5 Å². The van der Waals surface area contributed by atoms with Crippen LogP contribution in [0.5, 0.6) is 0 Å². The maximum atomic E-state index is 12.3. The molecule has 0 bridgehead atoms. The summed E-state index contributed by atoms with van der Waals surface area (Å²) in [5.41, 5.74) is 3.06. The van der Waals surface area contributed by atoms with Crippen molar-refractivity contribution in [1.29, 1.82) is 0 Å². The van der Waals surface area contributed by atoms with E-state index in [2.05, 4.69) is 10.3 Å². The van der Waals surface area contributed by atoms with Gasteiger partial charge in [0.1, 0.15) is 0 Å². The van der Waals surface area contributed by atoms with Crippen LogP contribution < -0.4 is 5.32 Å². The van der Waals surface area contributed by atoms with Gasteiger partial charge in [-0.3, -0.25) is 19.3 Å². The molecule has 2 N–H and O–H groups in total. The van der Waals surface area contributed by atoms with Crippen molar-refractivity contribution in [2.24, 2.45) is 0 Å². The molecule has 0 aliphatic carbocycles. The van der Waals surface area contributed by atoms with Crippen LogP contribution in [-0.2, 0) is 11.2 Å². The molecule has 6 nitrogen and oxygen atoms in total. The average molecular weight is 333 g/mol. The second-order valence-corrected chi connectivity index (χ2v) is 6.01. The van der Waals surface area contributed by atoms with Crippen LogP contribution in [0.25, 0.3) is 10.9 Å². The molecule has 0 fully saturated rings. The van der Waals surface area contributed by atoms with Crippen molar-refractivity contribution in [3.05, 3.63) is 65.4 Å². The summed E-state index contributed by atoms with van der Waals surface area (Å²) in [5, 5.41) is 3.80. The Morgan fingerprint density at radius 2 is 1.84 bits per heavy atom. The second-order valence-electron chi connectivity index (χ2n) is 6.01. The minimum Gasteiger partial charge on any atom is -0.361 e. The highest BCUT2D eigenvalue weighted by Crippen LogP contribution is 2.25. The number of nitrogens with one attached hydrogen (secondary N) is 2. The molecule has 0 radical (unpaired) electrons. The largest absolute Gasteiger partial charge is 0.361 e. The molecule has 3 amide bonds. The Morgan fingerprint density at radius 3 is 2.68 bits per heavy atom. The highest BCUT2D eigenvalue weighted by atomic mass is 16.2. The number of carbonyl (C=O) groups excluding carboxylic acids is 3. The van der Waals surface area contributed by atoms with Crippen molar-refractivity contribution in [3.63, 3.8) is 0 Å². The van der Waals surface area contributed by atoms with Crippen LogP contribution in [0.15, 0.2) is 48.7 Å². The number of para-hydroxylation sites is 1. The van der Waals surface area contributed by atoms with Crippen LogP contribution in [0, 0.1) is 0 Å². The fraction of sp³-hybridized carbons (Fsp3) is 0.105. The Kier molecular flexibility index (Phi) is 3.39. The number of imide groups is 1. The number of fused-ring (bicyclic) bond motifs is 2. The number of aromatic nitrogens is 1. The zero-order valence-electron chi connectivity index (χ0n) is 13.5. The van der Waals surface area contributed by atoms with Crippen LogP contribution in [-0.4, -0.2) is 34.7 Å². The molecule has 1 aliphatic rings. The van der Waals surface area contributed by atoms with Gasteiger partial charge in [-0.15, -0.1) is 0 Å². The molecule has 0 saturated heterocycles. The molecule has 1 aliphatic heterocycles. The lowest BCUT2D eigenvalue weighted by Crippen LogP contribution is -2.24. The van der Waals surface area contributed by atoms with E-state index in [9.17, 15) is 14.4 Å². The van der Waals surface area contributed by atoms with E-state index >= 15 is 0 Å². The van der Waals surface area contributed by atoms with E-state index in [-0.39, 0.29) is 24.1 Å². The number of benzene rings is 2. The molecule has 6 heteroatoms. The minimum atomic E-state index is -0.354. The van der Waals surface area contributed by atoms with E-state index < -0.39 is 0 Å². The third-order valence-corrected chi connectivity index (χ3v) is 4.40. The molecule has 1 aromatic heterocycles. The molecule has 2 heterocycles. The summed E-state index contributed by atoms with van der Waals surface area (Å²) in [5.74, 6) is -0.862. The Bertz CT molecular complexity index is 1040. The summed E-state index contributed by atoms with van der Waals surface area (Å²) in [6.45, 7) is 0. The van der Waals surface area contributed by atoms with Gasteiger partial charge in [0.25, 0.3) is 11.8 Å². The van der Waals surface area contributed by atoms with Gasteiger partial charge in [-0.2, -0.15) is 0 Å². The number of hydrogen-bond donors (Lipinski definition) is 2. The lowest BCUT2D eigenvalue weighted by atomic mass is 10.1. The number of H-pyrrole nitrogens is 1. The number of rotatable bonds is 3. The van der Waals surface area contributed by atoms with Gasteiger partial charge in [0.15, 0.2) is 0 Å². The quantitative estimate of drug-likeness (QED) is 0.723. The first kappa shape index (κ1) is 15.1. The standard InChI is InChI=1S/C19H15N3O3/c1-22-18(24)14-7-6-12(9-15(14)19(22)25)21-17(23)8-11-10-20-16-5-3-2-4-13(11)16/h2-7,9-10,20H,8H2,1H3,(H,21,23). The van der Waals surface area contributed by atoms with E-state index in [0.29, 0.717) is 16.8 Å². The maximum absolute atomic E-state index is 12.3.